The van der Waals surface area contributed by atoms with Crippen LogP contribution in [0, 0.1) is 18.3 Å². The number of benzene rings is 1. The molecular formula is C18H19N3O4S. The average Bonchev–Trinajstić information content (AvgIpc) is 2.65. The third-order valence-electron chi connectivity index (χ3n) is 4.08. The topological polar surface area (TPSA) is 101 Å². The van der Waals surface area contributed by atoms with Gasteiger partial charge in [-0.3, -0.25) is 4.98 Å². The number of pyridine rings is 1. The Labute approximate surface area is 152 Å². The van der Waals surface area contributed by atoms with E-state index < -0.39 is 22.2 Å². The fourth-order valence-corrected chi connectivity index (χ4v) is 3.94. The van der Waals surface area contributed by atoms with E-state index in [4.69, 9.17) is 14.7 Å². The van der Waals surface area contributed by atoms with Crippen LogP contribution in [0.4, 0.5) is 0 Å². The summed E-state index contributed by atoms with van der Waals surface area (Å²) in [6.45, 7) is 2.61. The van der Waals surface area contributed by atoms with Crippen LogP contribution in [0.3, 0.4) is 0 Å². The fraction of sp³-hybridized carbons (Fsp3) is 0.333. The van der Waals surface area contributed by atoms with Gasteiger partial charge in [-0.1, -0.05) is 0 Å². The van der Waals surface area contributed by atoms with E-state index >= 15 is 0 Å². The number of nitriles is 1. The minimum atomic E-state index is -3.73. The van der Waals surface area contributed by atoms with E-state index in [9.17, 15) is 8.42 Å². The highest BCUT2D eigenvalue weighted by atomic mass is 32.2. The third kappa shape index (κ3) is 4.38. The van der Waals surface area contributed by atoms with E-state index in [1.54, 1.807) is 12.3 Å². The Morgan fingerprint density at radius 3 is 2.69 bits per heavy atom. The second kappa shape index (κ2) is 7.83. The van der Waals surface area contributed by atoms with Crippen molar-refractivity contribution in [2.75, 3.05) is 13.2 Å². The first-order chi connectivity index (χ1) is 12.5. The molecule has 0 saturated carbocycles. The maximum absolute atomic E-state index is 12.6. The number of aryl methyl sites for hydroxylation is 1. The van der Waals surface area contributed by atoms with E-state index in [2.05, 4.69) is 9.71 Å². The smallest absolute Gasteiger partial charge is 0.240 e. The summed E-state index contributed by atoms with van der Waals surface area (Å²) in [5.74, 6) is 0.564. The molecule has 1 aromatic heterocycles. The average molecular weight is 373 g/mol. The van der Waals surface area contributed by atoms with Crippen LogP contribution in [0.5, 0.6) is 5.75 Å². The summed E-state index contributed by atoms with van der Waals surface area (Å²) < 4.78 is 39.3. The largest absolute Gasteiger partial charge is 0.485 e. The molecule has 26 heavy (non-hydrogen) atoms. The number of ether oxygens (including phenoxy) is 2. The lowest BCUT2D eigenvalue weighted by Crippen LogP contribution is -2.51. The zero-order valence-electron chi connectivity index (χ0n) is 14.3. The van der Waals surface area contributed by atoms with Crippen LogP contribution in [-0.4, -0.2) is 38.8 Å². The van der Waals surface area contributed by atoms with E-state index in [0.717, 1.165) is 5.69 Å². The first-order valence-electron chi connectivity index (χ1n) is 8.17. The zero-order chi connectivity index (χ0) is 18.6. The molecule has 2 heterocycles. The fourth-order valence-electron chi connectivity index (χ4n) is 2.64. The van der Waals surface area contributed by atoms with Crippen LogP contribution >= 0.6 is 0 Å². The van der Waals surface area contributed by atoms with Gasteiger partial charge in [0.1, 0.15) is 11.9 Å². The van der Waals surface area contributed by atoms with Gasteiger partial charge in [0.2, 0.25) is 10.0 Å². The molecular weight excluding hydrogens is 354 g/mol. The lowest BCUT2D eigenvalue weighted by molar-refractivity contribution is -0.00941. The van der Waals surface area contributed by atoms with Crippen molar-refractivity contribution < 1.29 is 17.9 Å². The van der Waals surface area contributed by atoms with Crippen LogP contribution in [0.15, 0.2) is 47.5 Å². The molecule has 1 saturated heterocycles. The minimum absolute atomic E-state index is 0.110. The highest BCUT2D eigenvalue weighted by Gasteiger charge is 2.31. The standard InChI is InChI=1S/C18H19N3O4S/c1-13-2-5-15(11-20-13)25-18-12-24-9-8-17(18)21-26(22,23)16-6-3-14(10-19)4-7-16/h2-7,11,17-18,21H,8-9,12H2,1H3/t17-,18+/m1/s1. The second-order valence-electron chi connectivity index (χ2n) is 6.02. The van der Waals surface area contributed by atoms with Gasteiger partial charge in [0, 0.05) is 12.3 Å². The van der Waals surface area contributed by atoms with Gasteiger partial charge in [-0.05, 0) is 49.7 Å². The zero-order valence-corrected chi connectivity index (χ0v) is 15.1. The van der Waals surface area contributed by atoms with E-state index in [0.29, 0.717) is 24.3 Å². The van der Waals surface area contributed by atoms with Crippen molar-refractivity contribution in [1.82, 2.24) is 9.71 Å². The van der Waals surface area contributed by atoms with Gasteiger partial charge >= 0.3 is 0 Å². The number of sulfonamides is 1. The number of aromatic nitrogens is 1. The van der Waals surface area contributed by atoms with Crippen LogP contribution in [0.1, 0.15) is 17.7 Å². The van der Waals surface area contributed by atoms with Gasteiger partial charge in [-0.15, -0.1) is 0 Å². The second-order valence-corrected chi connectivity index (χ2v) is 7.73. The van der Waals surface area contributed by atoms with Gasteiger partial charge in [0.25, 0.3) is 0 Å². The number of nitrogens with one attached hydrogen (secondary N) is 1. The predicted octanol–water partition coefficient (Wildman–Crippen LogP) is 1.78. The molecule has 0 bridgehead atoms. The Balaban J connectivity index is 1.74. The molecule has 1 aliphatic rings. The van der Waals surface area contributed by atoms with Crippen molar-refractivity contribution in [2.45, 2.75) is 30.4 Å². The summed E-state index contributed by atoms with van der Waals surface area (Å²) in [6, 6.07) is 11.0. The molecule has 7 nitrogen and oxygen atoms in total. The van der Waals surface area contributed by atoms with Crippen LogP contribution in [0.2, 0.25) is 0 Å². The third-order valence-corrected chi connectivity index (χ3v) is 5.58. The molecule has 0 amide bonds. The highest BCUT2D eigenvalue weighted by molar-refractivity contribution is 7.89. The summed E-state index contributed by atoms with van der Waals surface area (Å²) >= 11 is 0. The Hall–Kier alpha value is -2.47. The molecule has 1 aliphatic heterocycles. The lowest BCUT2D eigenvalue weighted by atomic mass is 10.1. The summed E-state index contributed by atoms with van der Waals surface area (Å²) in [4.78, 5) is 4.29. The Kier molecular flexibility index (Phi) is 5.52. The van der Waals surface area contributed by atoms with Crippen molar-refractivity contribution >= 4 is 10.0 Å². The van der Waals surface area contributed by atoms with Crippen LogP contribution in [0.25, 0.3) is 0 Å². The summed E-state index contributed by atoms with van der Waals surface area (Å²) in [6.07, 6.45) is 1.65. The minimum Gasteiger partial charge on any atom is -0.485 e. The van der Waals surface area contributed by atoms with Gasteiger partial charge < -0.3 is 9.47 Å². The Morgan fingerprint density at radius 2 is 2.04 bits per heavy atom. The van der Waals surface area contributed by atoms with E-state index in [1.807, 2.05) is 19.1 Å². The Bertz CT molecular complexity index is 890. The van der Waals surface area contributed by atoms with Gasteiger partial charge in [0.05, 0.1) is 35.4 Å². The molecule has 1 fully saturated rings. The van der Waals surface area contributed by atoms with E-state index in [1.165, 1.54) is 24.3 Å². The van der Waals surface area contributed by atoms with Gasteiger partial charge in [0.15, 0.2) is 0 Å². The van der Waals surface area contributed by atoms with Gasteiger partial charge in [-0.25, -0.2) is 13.1 Å². The molecule has 8 heteroatoms. The molecule has 3 rings (SSSR count). The van der Waals surface area contributed by atoms with Crippen LogP contribution < -0.4 is 9.46 Å². The van der Waals surface area contributed by atoms with Crippen molar-refractivity contribution in [3.8, 4) is 11.8 Å². The number of hydrogen-bond acceptors (Lipinski definition) is 6. The Morgan fingerprint density at radius 1 is 1.27 bits per heavy atom. The quantitative estimate of drug-likeness (QED) is 0.857. The highest BCUT2D eigenvalue weighted by Crippen LogP contribution is 2.19. The molecule has 2 aromatic rings. The van der Waals surface area contributed by atoms with Crippen molar-refractivity contribution in [3.05, 3.63) is 53.9 Å². The predicted molar refractivity (Wildman–Crippen MR) is 94.1 cm³/mol. The number of hydrogen-bond donors (Lipinski definition) is 1. The normalized spacial score (nSPS) is 20.3. The summed E-state index contributed by atoms with van der Waals surface area (Å²) in [5.41, 5.74) is 1.28. The molecule has 0 radical (unpaired) electrons. The number of nitrogens with zero attached hydrogens (tertiary/aromatic N) is 2. The monoisotopic (exact) mass is 373 g/mol. The molecule has 0 aliphatic carbocycles. The maximum atomic E-state index is 12.6. The van der Waals surface area contributed by atoms with Crippen LogP contribution in [-0.2, 0) is 14.8 Å². The van der Waals surface area contributed by atoms with E-state index in [-0.39, 0.29) is 11.5 Å². The first kappa shape index (κ1) is 18.3. The molecule has 136 valence electrons. The first-order valence-corrected chi connectivity index (χ1v) is 9.66. The SMILES string of the molecule is Cc1ccc(O[C@H]2COCC[C@H]2NS(=O)(=O)c2ccc(C#N)cc2)cn1. The molecule has 2 atom stereocenters. The van der Waals surface area contributed by atoms with Gasteiger partial charge in [-0.2, -0.15) is 5.26 Å². The molecule has 1 aromatic carbocycles. The molecule has 0 unspecified atom stereocenters. The number of rotatable bonds is 5. The van der Waals surface area contributed by atoms with Crippen molar-refractivity contribution in [2.24, 2.45) is 0 Å². The lowest BCUT2D eigenvalue weighted by Gasteiger charge is -2.32. The van der Waals surface area contributed by atoms with Crippen molar-refractivity contribution in [3.63, 3.8) is 0 Å². The maximum Gasteiger partial charge on any atom is 0.240 e. The van der Waals surface area contributed by atoms with Crippen molar-refractivity contribution in [1.29, 1.82) is 5.26 Å². The molecule has 1 N–H and O–H groups in total. The summed E-state index contributed by atoms with van der Waals surface area (Å²) in [5, 5.41) is 8.83. The molecule has 0 spiro atoms. The summed E-state index contributed by atoms with van der Waals surface area (Å²) in [7, 11) is -3.73.